The smallest absolute Gasteiger partial charge is 0.338 e. The van der Waals surface area contributed by atoms with Gasteiger partial charge in [0.15, 0.2) is 34.1 Å². The van der Waals surface area contributed by atoms with E-state index in [0.29, 0.717) is 4.31 Å². The molecule has 6 rings (SSSR count). The Morgan fingerprint density at radius 2 is 1.51 bits per heavy atom. The molecular formula is C34H29ClN6O11S. The zero-order valence-electron chi connectivity index (χ0n) is 27.6. The van der Waals surface area contributed by atoms with Gasteiger partial charge < -0.3 is 18.9 Å². The lowest BCUT2D eigenvalue weighted by Gasteiger charge is -2.27. The standard InChI is InChI=1S/C34H29ClN6O11S/c1-2-49-26(42)18-39(53(47,48)25-16-10-9-15-23(25)41(45)46)17-24-28(51-33(43)21-11-5-3-6-12-21)29(52-34(44)22-13-7-4-8-14-22)32(50-24)40-20-38-27-30(35)36-19-37-31(27)40/h3-16,19-20,24,28-29,32H,2,17-18H2,1H3/t24-,28-,29-,32-/m1/s1. The van der Waals surface area contributed by atoms with E-state index in [1.165, 1.54) is 54.2 Å². The number of benzene rings is 3. The highest BCUT2D eigenvalue weighted by atomic mass is 35.5. The molecule has 1 aliphatic heterocycles. The van der Waals surface area contributed by atoms with Crippen LogP contribution >= 0.6 is 11.6 Å². The van der Waals surface area contributed by atoms with Gasteiger partial charge in [-0.05, 0) is 37.3 Å². The number of fused-ring (bicyclic) bond motifs is 1. The Kier molecular flexibility index (Phi) is 11.0. The van der Waals surface area contributed by atoms with Crippen LogP contribution in [0.1, 0.15) is 33.9 Å². The first kappa shape index (κ1) is 37.0. The average Bonchev–Trinajstić information content (AvgIpc) is 3.73. The molecule has 4 atom stereocenters. The molecule has 1 fully saturated rings. The van der Waals surface area contributed by atoms with Crippen LogP contribution in [0.25, 0.3) is 11.2 Å². The van der Waals surface area contributed by atoms with E-state index in [1.807, 2.05) is 0 Å². The van der Waals surface area contributed by atoms with Crippen LogP contribution in [0.5, 0.6) is 0 Å². The molecule has 53 heavy (non-hydrogen) atoms. The number of ether oxygens (including phenoxy) is 4. The minimum absolute atomic E-state index is 0.00987. The number of rotatable bonds is 13. The van der Waals surface area contributed by atoms with Crippen molar-refractivity contribution < 1.29 is 46.7 Å². The van der Waals surface area contributed by atoms with E-state index in [0.717, 1.165) is 18.5 Å². The fourth-order valence-electron chi connectivity index (χ4n) is 5.65. The molecule has 0 unspecified atom stereocenters. The molecule has 0 bridgehead atoms. The Morgan fingerprint density at radius 1 is 0.906 bits per heavy atom. The van der Waals surface area contributed by atoms with Gasteiger partial charge >= 0.3 is 17.9 Å². The molecule has 5 aromatic rings. The number of nitro groups is 1. The number of hydrogen-bond acceptors (Lipinski definition) is 14. The van der Waals surface area contributed by atoms with Crippen LogP contribution in [0.4, 0.5) is 5.69 Å². The summed E-state index contributed by atoms with van der Waals surface area (Å²) < 4.78 is 53.8. The van der Waals surface area contributed by atoms with Gasteiger partial charge in [-0.2, -0.15) is 4.31 Å². The third kappa shape index (κ3) is 7.85. The van der Waals surface area contributed by atoms with Gasteiger partial charge in [-0.1, -0.05) is 60.1 Å². The van der Waals surface area contributed by atoms with Gasteiger partial charge in [0.25, 0.3) is 15.7 Å². The lowest BCUT2D eigenvalue weighted by atomic mass is 10.1. The van der Waals surface area contributed by atoms with Gasteiger partial charge in [0, 0.05) is 12.6 Å². The summed E-state index contributed by atoms with van der Waals surface area (Å²) in [5.74, 6) is -2.72. The number of para-hydroxylation sites is 1. The zero-order valence-corrected chi connectivity index (χ0v) is 29.2. The molecule has 0 aliphatic carbocycles. The molecule has 0 radical (unpaired) electrons. The summed E-state index contributed by atoms with van der Waals surface area (Å²) in [5, 5.41) is 11.9. The first-order chi connectivity index (χ1) is 25.5. The molecule has 0 spiro atoms. The number of esters is 3. The van der Waals surface area contributed by atoms with E-state index in [2.05, 4.69) is 15.0 Å². The SMILES string of the molecule is CCOC(=O)CN(C[C@H]1O[C@@H](n2cnc3c(Cl)ncnc32)[C@H](OC(=O)c2ccccc2)[C@@H]1OC(=O)c1ccccc1)S(=O)(=O)c1ccccc1[N+](=O)[O-]. The van der Waals surface area contributed by atoms with Gasteiger partial charge in [0.2, 0.25) is 0 Å². The summed E-state index contributed by atoms with van der Waals surface area (Å²) in [6.07, 6.45) is -3.53. The van der Waals surface area contributed by atoms with Crippen molar-refractivity contribution in [3.8, 4) is 0 Å². The van der Waals surface area contributed by atoms with Crippen molar-refractivity contribution in [2.24, 2.45) is 0 Å². The Bertz CT molecular complexity index is 2260. The van der Waals surface area contributed by atoms with Crippen molar-refractivity contribution in [3.63, 3.8) is 0 Å². The molecule has 274 valence electrons. The van der Waals surface area contributed by atoms with Crippen molar-refractivity contribution >= 4 is 56.4 Å². The van der Waals surface area contributed by atoms with Gasteiger partial charge in [0.1, 0.15) is 24.5 Å². The molecular weight excluding hydrogens is 736 g/mol. The topological polar surface area (TPSA) is 212 Å². The lowest BCUT2D eigenvalue weighted by Crippen LogP contribution is -2.47. The van der Waals surface area contributed by atoms with Crippen molar-refractivity contribution in [1.82, 2.24) is 23.8 Å². The summed E-state index contributed by atoms with van der Waals surface area (Å²) >= 11 is 6.27. The Hall–Kier alpha value is -5.82. The summed E-state index contributed by atoms with van der Waals surface area (Å²) in [5.41, 5.74) is -0.247. The van der Waals surface area contributed by atoms with E-state index < -0.39 is 81.1 Å². The van der Waals surface area contributed by atoms with Crippen LogP contribution < -0.4 is 0 Å². The summed E-state index contributed by atoms with van der Waals surface area (Å²) in [6, 6.07) is 20.3. The number of nitro benzene ring substituents is 1. The van der Waals surface area contributed by atoms with Crippen molar-refractivity contribution in [2.45, 2.75) is 36.4 Å². The van der Waals surface area contributed by atoms with Crippen LogP contribution in [0.2, 0.25) is 5.15 Å². The number of carbonyl (C=O) groups is 3. The second-order valence-electron chi connectivity index (χ2n) is 11.4. The maximum Gasteiger partial charge on any atom is 0.338 e. The van der Waals surface area contributed by atoms with E-state index in [4.69, 9.17) is 30.5 Å². The molecule has 1 saturated heterocycles. The molecule has 0 N–H and O–H groups in total. The predicted octanol–water partition coefficient (Wildman–Crippen LogP) is 3.99. The molecule has 1 aliphatic rings. The largest absolute Gasteiger partial charge is 0.465 e. The number of halogens is 1. The van der Waals surface area contributed by atoms with Gasteiger partial charge in [-0.15, -0.1) is 0 Å². The van der Waals surface area contributed by atoms with E-state index in [-0.39, 0.29) is 34.1 Å². The molecule has 19 heteroatoms. The second-order valence-corrected chi connectivity index (χ2v) is 13.6. The highest BCUT2D eigenvalue weighted by Gasteiger charge is 2.53. The minimum atomic E-state index is -4.87. The van der Waals surface area contributed by atoms with E-state index in [9.17, 15) is 32.9 Å². The first-order valence-corrected chi connectivity index (χ1v) is 17.7. The normalized spacial score (nSPS) is 18.5. The highest BCUT2D eigenvalue weighted by Crippen LogP contribution is 2.38. The summed E-state index contributed by atoms with van der Waals surface area (Å²) in [4.78, 5) is 62.9. The fourth-order valence-corrected chi connectivity index (χ4v) is 7.38. The van der Waals surface area contributed by atoms with Crippen LogP contribution in [-0.2, 0) is 33.8 Å². The van der Waals surface area contributed by atoms with Crippen LogP contribution in [0.3, 0.4) is 0 Å². The van der Waals surface area contributed by atoms with Crippen molar-refractivity contribution in [2.75, 3.05) is 19.7 Å². The zero-order chi connectivity index (χ0) is 37.7. The molecule has 3 heterocycles. The van der Waals surface area contributed by atoms with Gasteiger partial charge in [-0.3, -0.25) is 19.5 Å². The van der Waals surface area contributed by atoms with Gasteiger partial charge in [-0.25, -0.2) is 33.0 Å². The third-order valence-corrected chi connectivity index (χ3v) is 10.2. The number of carbonyl (C=O) groups excluding carboxylic acids is 3. The highest BCUT2D eigenvalue weighted by molar-refractivity contribution is 7.89. The van der Waals surface area contributed by atoms with E-state index >= 15 is 0 Å². The molecule has 3 aromatic carbocycles. The van der Waals surface area contributed by atoms with Crippen LogP contribution in [0.15, 0.2) is 102 Å². The molecule has 0 amide bonds. The summed E-state index contributed by atoms with van der Waals surface area (Å²) in [6.45, 7) is -0.262. The maximum absolute atomic E-state index is 14.2. The second kappa shape index (κ2) is 15.8. The first-order valence-electron chi connectivity index (χ1n) is 15.9. The predicted molar refractivity (Wildman–Crippen MR) is 184 cm³/mol. The Morgan fingerprint density at radius 3 is 2.13 bits per heavy atom. The number of hydrogen-bond donors (Lipinski definition) is 0. The third-order valence-electron chi connectivity index (χ3n) is 8.05. The fraction of sp³-hybridized carbons (Fsp3) is 0.235. The minimum Gasteiger partial charge on any atom is -0.465 e. The number of sulfonamides is 1. The van der Waals surface area contributed by atoms with Crippen LogP contribution in [0, 0.1) is 10.1 Å². The Balaban J connectivity index is 1.48. The molecule has 2 aromatic heterocycles. The molecule has 17 nitrogen and oxygen atoms in total. The number of aromatic nitrogens is 4. The quantitative estimate of drug-likeness (QED) is 0.0546. The van der Waals surface area contributed by atoms with Crippen LogP contribution in [-0.4, -0.2) is 93.1 Å². The number of nitrogens with zero attached hydrogens (tertiary/aromatic N) is 6. The summed E-state index contributed by atoms with van der Waals surface area (Å²) in [7, 11) is -4.87. The lowest BCUT2D eigenvalue weighted by molar-refractivity contribution is -0.387. The van der Waals surface area contributed by atoms with E-state index in [1.54, 1.807) is 36.4 Å². The monoisotopic (exact) mass is 764 g/mol. The maximum atomic E-state index is 14.2. The van der Waals surface area contributed by atoms with Crippen molar-refractivity contribution in [3.05, 3.63) is 124 Å². The van der Waals surface area contributed by atoms with Crippen molar-refractivity contribution in [1.29, 1.82) is 0 Å². The molecule has 0 saturated carbocycles. The van der Waals surface area contributed by atoms with Gasteiger partial charge in [0.05, 0.1) is 29.0 Å². The Labute approximate surface area is 306 Å². The average molecular weight is 765 g/mol. The number of imidazole rings is 1.